The van der Waals surface area contributed by atoms with Crippen molar-refractivity contribution in [2.45, 2.75) is 49.3 Å². The molecule has 2 heterocycles. The summed E-state index contributed by atoms with van der Waals surface area (Å²) >= 11 is 0. The van der Waals surface area contributed by atoms with Gasteiger partial charge >= 0.3 is 5.97 Å². The molecule has 0 N–H and O–H groups in total. The predicted octanol–water partition coefficient (Wildman–Crippen LogP) is 3.72. The number of benzene rings is 2. The van der Waals surface area contributed by atoms with Crippen LogP contribution in [0.3, 0.4) is 0 Å². The van der Waals surface area contributed by atoms with Gasteiger partial charge in [0.1, 0.15) is 17.5 Å². The fraction of sp³-hybridized carbons (Fsp3) is 0.448. The van der Waals surface area contributed by atoms with Gasteiger partial charge in [-0.25, -0.2) is 4.79 Å². The van der Waals surface area contributed by atoms with Gasteiger partial charge in [0.05, 0.1) is 16.9 Å². The number of fused-ring (bicyclic) bond motifs is 1. The lowest BCUT2D eigenvalue weighted by molar-refractivity contribution is -0.212. The number of rotatable bonds is 4. The van der Waals surface area contributed by atoms with E-state index >= 15 is 0 Å². The van der Waals surface area contributed by atoms with Gasteiger partial charge in [-0.2, -0.15) is 0 Å². The van der Waals surface area contributed by atoms with E-state index in [-0.39, 0.29) is 34.7 Å². The number of hydrogen-bond acceptors (Lipinski definition) is 6. The van der Waals surface area contributed by atoms with Crippen molar-refractivity contribution < 1.29 is 23.8 Å². The summed E-state index contributed by atoms with van der Waals surface area (Å²) < 4.78 is 19.1. The van der Waals surface area contributed by atoms with E-state index in [2.05, 4.69) is 30.2 Å². The highest BCUT2D eigenvalue weighted by atomic mass is 16.6. The second-order valence-electron chi connectivity index (χ2n) is 10.9. The summed E-state index contributed by atoms with van der Waals surface area (Å²) in [7, 11) is 3.89. The van der Waals surface area contributed by atoms with Gasteiger partial charge in [0.25, 0.3) is 0 Å². The summed E-state index contributed by atoms with van der Waals surface area (Å²) in [4.78, 5) is 28.4. The third-order valence-corrected chi connectivity index (χ3v) is 9.76. The molecule has 6 aliphatic rings. The lowest BCUT2D eigenvalue weighted by atomic mass is 9.37. The van der Waals surface area contributed by atoms with Gasteiger partial charge in [-0.3, -0.25) is 4.79 Å². The number of methoxy groups -OCH3 is 1. The van der Waals surface area contributed by atoms with Gasteiger partial charge in [0.15, 0.2) is 11.5 Å². The number of piperidine rings is 1. The fourth-order valence-corrected chi connectivity index (χ4v) is 8.32. The van der Waals surface area contributed by atoms with Crippen molar-refractivity contribution in [2.75, 3.05) is 20.7 Å². The first-order chi connectivity index (χ1) is 16.9. The largest absolute Gasteiger partial charge is 0.482 e. The van der Waals surface area contributed by atoms with Crippen LogP contribution in [0.25, 0.3) is 0 Å². The van der Waals surface area contributed by atoms with Gasteiger partial charge in [-0.1, -0.05) is 36.4 Å². The molecule has 2 fully saturated rings. The number of nitrogens with zero attached hydrogens (tertiary/aromatic N) is 1. The van der Waals surface area contributed by atoms with E-state index in [1.165, 1.54) is 5.56 Å². The second kappa shape index (κ2) is 6.83. The number of esters is 1. The molecule has 180 valence electrons. The summed E-state index contributed by atoms with van der Waals surface area (Å²) in [6.45, 7) is 2.61. The zero-order valence-electron chi connectivity index (χ0n) is 20.2. The Bertz CT molecular complexity index is 1300. The van der Waals surface area contributed by atoms with Crippen LogP contribution in [0, 0.1) is 11.3 Å². The smallest absolute Gasteiger partial charge is 0.343 e. The number of ketones is 1. The zero-order chi connectivity index (χ0) is 24.2. The van der Waals surface area contributed by atoms with Gasteiger partial charge < -0.3 is 19.1 Å². The molecule has 2 aromatic rings. The van der Waals surface area contributed by atoms with Crippen molar-refractivity contribution in [3.05, 3.63) is 71.3 Å². The normalized spacial score (nSPS) is 37.5. The maximum atomic E-state index is 13.0. The lowest BCUT2D eigenvalue weighted by Crippen LogP contribution is -2.79. The van der Waals surface area contributed by atoms with E-state index in [9.17, 15) is 9.59 Å². The first-order valence-corrected chi connectivity index (χ1v) is 12.4. The van der Waals surface area contributed by atoms with Crippen molar-refractivity contribution >= 4 is 11.8 Å². The first-order valence-electron chi connectivity index (χ1n) is 12.4. The van der Waals surface area contributed by atoms with Crippen molar-refractivity contribution in [2.24, 2.45) is 11.3 Å². The third kappa shape index (κ3) is 2.33. The number of carbonyl (C=O) groups is 2. The minimum atomic E-state index is -0.845. The van der Waals surface area contributed by atoms with Crippen LogP contribution in [0.5, 0.6) is 11.5 Å². The molecule has 8 rings (SSSR count). The molecule has 35 heavy (non-hydrogen) atoms. The standard InChI is InChI=1S/C29H29NO5/c1-17(31)20-16-27-11-12-29(20,33-3)26-28(27)13-14-30(2)22(27)15-19-9-10-21(24(35-26)23(19)28)34-25(32)18-7-5-4-6-8-18/h4-12,20,22,26H,13-16H2,1-3H3/t20-,22-,26-,27-,28+,29-/m1/s1. The van der Waals surface area contributed by atoms with Crippen LogP contribution in [0.4, 0.5) is 0 Å². The van der Waals surface area contributed by atoms with Crippen molar-refractivity contribution in [1.29, 1.82) is 0 Å². The van der Waals surface area contributed by atoms with Crippen LogP contribution >= 0.6 is 0 Å². The molecule has 6 atom stereocenters. The topological polar surface area (TPSA) is 65.1 Å². The molecule has 6 nitrogen and oxygen atoms in total. The Kier molecular flexibility index (Phi) is 4.16. The van der Waals surface area contributed by atoms with Crippen molar-refractivity contribution in [3.63, 3.8) is 0 Å². The molecular weight excluding hydrogens is 442 g/mol. The van der Waals surface area contributed by atoms with Crippen LogP contribution in [-0.2, 0) is 21.4 Å². The third-order valence-electron chi connectivity index (χ3n) is 9.76. The number of likely N-dealkylation sites (N-methyl/N-ethyl adjacent to an activating group) is 1. The summed E-state index contributed by atoms with van der Waals surface area (Å²) in [5.41, 5.74) is 1.51. The van der Waals surface area contributed by atoms with Gasteiger partial charge in [-0.15, -0.1) is 0 Å². The minimum Gasteiger partial charge on any atom is -0.482 e. The van der Waals surface area contributed by atoms with Gasteiger partial charge in [0.2, 0.25) is 0 Å². The van der Waals surface area contributed by atoms with E-state index in [1.54, 1.807) is 26.2 Å². The summed E-state index contributed by atoms with van der Waals surface area (Å²) in [5.74, 6) is 0.536. The molecule has 0 radical (unpaired) electrons. The predicted molar refractivity (Wildman–Crippen MR) is 129 cm³/mol. The Balaban J connectivity index is 1.44. The van der Waals surface area contributed by atoms with Crippen LogP contribution in [0.15, 0.2) is 54.6 Å². The van der Waals surface area contributed by atoms with Crippen LogP contribution < -0.4 is 9.47 Å². The molecule has 2 aliphatic heterocycles. The monoisotopic (exact) mass is 471 g/mol. The number of likely N-dealkylation sites (tertiary alicyclic amines) is 1. The Morgan fingerprint density at radius 3 is 2.66 bits per heavy atom. The molecule has 1 saturated heterocycles. The van der Waals surface area contributed by atoms with Gasteiger partial charge in [-0.05, 0) is 63.5 Å². The minimum absolute atomic E-state index is 0.132. The SMILES string of the molecule is CO[C@]12C=C[C@@]3(C[C@@H]1C(C)=O)[C@H]1Cc4ccc(OC(=O)c5ccccc5)c5c4[C@@]3(CCN1C)[C@H]2O5. The molecule has 0 amide bonds. The van der Waals surface area contributed by atoms with Gasteiger partial charge in [0, 0.05) is 24.1 Å². The summed E-state index contributed by atoms with van der Waals surface area (Å²) in [6, 6.07) is 13.3. The van der Waals surface area contributed by atoms with Crippen molar-refractivity contribution in [3.8, 4) is 11.5 Å². The molecule has 6 heteroatoms. The zero-order valence-corrected chi connectivity index (χ0v) is 20.2. The van der Waals surface area contributed by atoms with Crippen LogP contribution in [0.1, 0.15) is 41.3 Å². The maximum absolute atomic E-state index is 13.0. The number of ether oxygens (including phenoxy) is 3. The summed E-state index contributed by atoms with van der Waals surface area (Å²) in [5, 5.41) is 0. The number of Topliss-reactive ketones (excluding diaryl/α,β-unsaturated/α-hetero) is 1. The quantitative estimate of drug-likeness (QED) is 0.385. The van der Waals surface area contributed by atoms with E-state index < -0.39 is 11.6 Å². The molecule has 4 aliphatic carbocycles. The molecule has 1 saturated carbocycles. The maximum Gasteiger partial charge on any atom is 0.343 e. The second-order valence-corrected chi connectivity index (χ2v) is 10.9. The number of hydrogen-bond donors (Lipinski definition) is 0. The van der Waals surface area contributed by atoms with E-state index in [0.717, 1.165) is 31.4 Å². The van der Waals surface area contributed by atoms with Crippen molar-refractivity contribution in [1.82, 2.24) is 4.90 Å². The first kappa shape index (κ1) is 21.3. The Hall–Kier alpha value is -2.96. The van der Waals surface area contributed by atoms with E-state index in [4.69, 9.17) is 14.2 Å². The highest BCUT2D eigenvalue weighted by Crippen LogP contribution is 2.74. The number of carbonyl (C=O) groups excluding carboxylic acids is 2. The average molecular weight is 472 g/mol. The highest BCUT2D eigenvalue weighted by Gasteiger charge is 2.79. The molecule has 4 bridgehead atoms. The fourth-order valence-electron chi connectivity index (χ4n) is 8.32. The van der Waals surface area contributed by atoms with E-state index in [1.807, 2.05) is 24.3 Å². The van der Waals surface area contributed by atoms with E-state index in [0.29, 0.717) is 17.1 Å². The Labute approximate surface area is 204 Å². The highest BCUT2D eigenvalue weighted by molar-refractivity contribution is 5.91. The molecule has 0 unspecified atom stereocenters. The Morgan fingerprint density at radius 2 is 1.91 bits per heavy atom. The summed E-state index contributed by atoms with van der Waals surface area (Å²) in [6.07, 6.45) is 6.63. The molecule has 0 aromatic heterocycles. The average Bonchev–Trinajstić information content (AvgIpc) is 3.25. The Morgan fingerprint density at radius 1 is 1.11 bits per heavy atom. The lowest BCUT2D eigenvalue weighted by Gasteiger charge is -2.70. The molecule has 2 spiro atoms. The van der Waals surface area contributed by atoms with Crippen LogP contribution in [0.2, 0.25) is 0 Å². The molecular formula is C29H29NO5. The molecule has 2 aromatic carbocycles. The van der Waals surface area contributed by atoms with Crippen LogP contribution in [-0.4, -0.2) is 55.1 Å².